The van der Waals surface area contributed by atoms with Crippen LogP contribution in [0.3, 0.4) is 0 Å². The van der Waals surface area contributed by atoms with E-state index in [1.807, 2.05) is 51.8 Å². The normalized spacial score (nSPS) is 20.3. The van der Waals surface area contributed by atoms with Crippen molar-refractivity contribution in [2.24, 2.45) is 0 Å². The maximum atomic E-state index is 12.2. The van der Waals surface area contributed by atoms with Gasteiger partial charge >= 0.3 is 0 Å². The van der Waals surface area contributed by atoms with Gasteiger partial charge in [-0.25, -0.2) is 0 Å². The molecule has 0 rings (SSSR count). The van der Waals surface area contributed by atoms with Gasteiger partial charge in [-0.1, -0.05) is 13.8 Å². The van der Waals surface area contributed by atoms with E-state index < -0.39 is 7.37 Å². The predicted molar refractivity (Wildman–Crippen MR) is 65.9 cm³/mol. The van der Waals surface area contributed by atoms with E-state index in [1.54, 1.807) is 0 Å². The minimum atomic E-state index is -3.07. The van der Waals surface area contributed by atoms with Crippen LogP contribution < -0.4 is 0 Å². The fourth-order valence-corrected chi connectivity index (χ4v) is 3.72. The first-order valence-electron chi connectivity index (χ1n) is 5.29. The molecule has 0 aliphatic heterocycles. The molecule has 0 aromatic rings. The van der Waals surface area contributed by atoms with Crippen molar-refractivity contribution in [2.45, 2.75) is 25.2 Å². The van der Waals surface area contributed by atoms with E-state index in [0.717, 1.165) is 0 Å². The molecular weight excluding hydrogens is 211 g/mol. The molecule has 5 heteroatoms. The average molecular weight is 236 g/mol. The van der Waals surface area contributed by atoms with Gasteiger partial charge < -0.3 is 14.7 Å². The van der Waals surface area contributed by atoms with Crippen molar-refractivity contribution in [2.75, 3.05) is 41.3 Å². The summed E-state index contributed by atoms with van der Waals surface area (Å²) in [5.74, 6) is 0. The van der Waals surface area contributed by atoms with Crippen LogP contribution in [0.4, 0.5) is 0 Å². The van der Waals surface area contributed by atoms with Crippen LogP contribution in [0, 0.1) is 0 Å². The molecule has 1 N–H and O–H groups in total. The Kier molecular flexibility index (Phi) is 6.04. The van der Waals surface area contributed by atoms with Crippen LogP contribution in [0.15, 0.2) is 0 Å². The summed E-state index contributed by atoms with van der Waals surface area (Å²) in [5, 5.41) is 0. The smallest absolute Gasteiger partial charge is 0.208 e. The average Bonchev–Trinajstić information content (AvgIpc) is 2.01. The van der Waals surface area contributed by atoms with Crippen LogP contribution in [-0.4, -0.2) is 67.3 Å². The van der Waals surface area contributed by atoms with E-state index >= 15 is 0 Å². The topological polar surface area (TPSA) is 43.8 Å². The van der Waals surface area contributed by atoms with Crippen molar-refractivity contribution in [3.05, 3.63) is 0 Å². The lowest BCUT2D eigenvalue weighted by molar-refractivity contribution is 0.362. The van der Waals surface area contributed by atoms with Gasteiger partial charge in [0, 0.05) is 24.4 Å². The largest absolute Gasteiger partial charge is 0.344 e. The molecule has 0 aliphatic carbocycles. The lowest BCUT2D eigenvalue weighted by Gasteiger charge is -2.28. The molecule has 0 bridgehead atoms. The summed E-state index contributed by atoms with van der Waals surface area (Å²) in [6, 6.07) is 0. The highest BCUT2D eigenvalue weighted by atomic mass is 31.2. The van der Waals surface area contributed by atoms with Gasteiger partial charge in [0.2, 0.25) is 7.37 Å². The first-order valence-corrected chi connectivity index (χ1v) is 7.09. The zero-order valence-corrected chi connectivity index (χ0v) is 11.7. The molecule has 92 valence electrons. The second-order valence-electron chi connectivity index (χ2n) is 4.90. The molecule has 0 aromatic carbocycles. The molecule has 0 aliphatic rings. The van der Waals surface area contributed by atoms with Crippen molar-refractivity contribution < 1.29 is 9.46 Å². The summed E-state index contributed by atoms with van der Waals surface area (Å²) in [4.78, 5) is 14.0. The van der Waals surface area contributed by atoms with Gasteiger partial charge in [-0.05, 0) is 28.2 Å². The molecule has 0 spiro atoms. The fourth-order valence-electron chi connectivity index (χ4n) is 1.73. The zero-order valence-electron chi connectivity index (χ0n) is 10.8. The van der Waals surface area contributed by atoms with Crippen LogP contribution in [0.2, 0.25) is 0 Å². The first kappa shape index (κ1) is 15.1. The summed E-state index contributed by atoms with van der Waals surface area (Å²) >= 11 is 0. The van der Waals surface area contributed by atoms with Gasteiger partial charge in [0.05, 0.1) is 0 Å². The molecule has 2 atom stereocenters. The van der Waals surface area contributed by atoms with Crippen LogP contribution in [-0.2, 0) is 4.57 Å². The molecule has 0 aromatic heterocycles. The summed E-state index contributed by atoms with van der Waals surface area (Å²) < 4.78 is 12.2. The van der Waals surface area contributed by atoms with Crippen LogP contribution in [0.5, 0.6) is 0 Å². The van der Waals surface area contributed by atoms with E-state index in [4.69, 9.17) is 0 Å². The molecule has 0 heterocycles. The molecular formula is C10H25N2O2P. The second-order valence-corrected chi connectivity index (χ2v) is 8.00. The first-order chi connectivity index (χ1) is 6.67. The highest BCUT2D eigenvalue weighted by Crippen LogP contribution is 2.51. The zero-order chi connectivity index (χ0) is 12.2. The van der Waals surface area contributed by atoms with Gasteiger partial charge in [-0.15, -0.1) is 0 Å². The highest BCUT2D eigenvalue weighted by Gasteiger charge is 2.33. The number of nitrogens with zero attached hydrogens (tertiary/aromatic N) is 2. The van der Waals surface area contributed by atoms with Crippen molar-refractivity contribution >= 4 is 7.37 Å². The third-order valence-corrected chi connectivity index (χ3v) is 5.37. The molecule has 0 saturated carbocycles. The summed E-state index contributed by atoms with van der Waals surface area (Å²) in [5.41, 5.74) is -0.329. The minimum absolute atomic E-state index is 0.164. The van der Waals surface area contributed by atoms with E-state index in [2.05, 4.69) is 0 Å². The van der Waals surface area contributed by atoms with Gasteiger partial charge in [-0.2, -0.15) is 0 Å². The van der Waals surface area contributed by atoms with Crippen molar-refractivity contribution in [1.29, 1.82) is 0 Å². The highest BCUT2D eigenvalue weighted by molar-refractivity contribution is 7.59. The SMILES string of the molecule is CC(CN(C)C)P(=O)(O)C(C)CN(C)C. The van der Waals surface area contributed by atoms with Crippen LogP contribution in [0.1, 0.15) is 13.8 Å². The van der Waals surface area contributed by atoms with E-state index in [9.17, 15) is 9.46 Å². The Morgan fingerprint density at radius 3 is 1.47 bits per heavy atom. The number of rotatable bonds is 6. The Hall–Kier alpha value is 0.110. The van der Waals surface area contributed by atoms with Gasteiger partial charge in [0.1, 0.15) is 0 Å². The summed E-state index contributed by atoms with van der Waals surface area (Å²) in [6.07, 6.45) is 0. The predicted octanol–water partition coefficient (Wildman–Crippen LogP) is 1.16. The summed E-state index contributed by atoms with van der Waals surface area (Å²) in [6.45, 7) is 5.02. The molecule has 4 nitrogen and oxygen atoms in total. The number of hydrogen-bond acceptors (Lipinski definition) is 3. The maximum absolute atomic E-state index is 12.2. The molecule has 2 unspecified atom stereocenters. The number of hydrogen-bond donors (Lipinski definition) is 1. The van der Waals surface area contributed by atoms with Crippen molar-refractivity contribution in [3.8, 4) is 0 Å². The third-order valence-electron chi connectivity index (χ3n) is 2.52. The maximum Gasteiger partial charge on any atom is 0.208 e. The van der Waals surface area contributed by atoms with Crippen LogP contribution >= 0.6 is 7.37 Å². The monoisotopic (exact) mass is 236 g/mol. The van der Waals surface area contributed by atoms with Gasteiger partial charge in [-0.3, -0.25) is 4.57 Å². The Morgan fingerprint density at radius 1 is 1.00 bits per heavy atom. The molecule has 0 amide bonds. The van der Waals surface area contributed by atoms with Crippen molar-refractivity contribution in [3.63, 3.8) is 0 Å². The Bertz CT molecular complexity index is 211. The quantitative estimate of drug-likeness (QED) is 0.703. The van der Waals surface area contributed by atoms with Gasteiger partial charge in [0.25, 0.3) is 0 Å². The fraction of sp³-hybridized carbons (Fsp3) is 1.00. The minimum Gasteiger partial charge on any atom is -0.344 e. The van der Waals surface area contributed by atoms with Gasteiger partial charge in [0.15, 0.2) is 0 Å². The van der Waals surface area contributed by atoms with E-state index in [-0.39, 0.29) is 11.3 Å². The summed E-state index contributed by atoms with van der Waals surface area (Å²) in [7, 11) is 4.63. The third kappa shape index (κ3) is 5.12. The molecule has 0 saturated heterocycles. The Morgan fingerprint density at radius 2 is 1.27 bits per heavy atom. The standard InChI is InChI=1S/C10H25N2O2P/c1-9(7-11(3)4)15(13,14)10(2)8-12(5)6/h9-10H,7-8H2,1-6H3,(H,13,14). The van der Waals surface area contributed by atoms with E-state index in [1.165, 1.54) is 0 Å². The Labute approximate surface area is 93.7 Å². The molecule has 15 heavy (non-hydrogen) atoms. The lowest BCUT2D eigenvalue weighted by atomic mass is 10.4. The molecule has 0 radical (unpaired) electrons. The molecule has 0 fully saturated rings. The van der Waals surface area contributed by atoms with Crippen LogP contribution in [0.25, 0.3) is 0 Å². The Balaban J connectivity index is 4.44. The lowest BCUT2D eigenvalue weighted by Crippen LogP contribution is -2.31. The second kappa shape index (κ2) is 6.00. The van der Waals surface area contributed by atoms with Crippen molar-refractivity contribution in [1.82, 2.24) is 9.80 Å². The van der Waals surface area contributed by atoms with E-state index in [0.29, 0.717) is 13.1 Å².